The summed E-state index contributed by atoms with van der Waals surface area (Å²) in [6, 6.07) is 9.52. The van der Waals surface area contributed by atoms with Gasteiger partial charge in [0.15, 0.2) is 0 Å². The fourth-order valence-corrected chi connectivity index (χ4v) is 0.583. The highest BCUT2D eigenvalue weighted by Crippen LogP contribution is 1.95. The first-order chi connectivity index (χ1) is 5.35. The summed E-state index contributed by atoms with van der Waals surface area (Å²) in [7, 11) is 0. The van der Waals surface area contributed by atoms with E-state index in [1.807, 2.05) is 30.3 Å². The van der Waals surface area contributed by atoms with Gasteiger partial charge in [0.1, 0.15) is 0 Å². The maximum Gasteiger partial charge on any atom is 0.0681 e. The van der Waals surface area contributed by atoms with E-state index in [9.17, 15) is 0 Å². The van der Waals surface area contributed by atoms with Gasteiger partial charge in [0.05, 0.1) is 6.61 Å². The smallest absolute Gasteiger partial charge is 0.0681 e. The highest BCUT2D eigenvalue weighted by Gasteiger charge is 1.81. The number of aliphatic hydroxyl groups is 2. The Morgan fingerprint density at radius 1 is 1.08 bits per heavy atom. The fourth-order valence-electron chi connectivity index (χ4n) is 0.583. The van der Waals surface area contributed by atoms with E-state index < -0.39 is 0 Å². The Kier molecular flexibility index (Phi) is 11.6. The van der Waals surface area contributed by atoms with Gasteiger partial charge in [0.2, 0.25) is 0 Å². The summed E-state index contributed by atoms with van der Waals surface area (Å²) >= 11 is 0. The van der Waals surface area contributed by atoms with Crippen molar-refractivity contribution in [1.82, 2.24) is 0 Å². The maximum atomic E-state index is 8.54. The molecule has 0 radical (unpaired) electrons. The molecular formula is C10H18O2. The molecule has 0 fully saturated rings. The van der Waals surface area contributed by atoms with Crippen LogP contribution in [0, 0.1) is 0 Å². The van der Waals surface area contributed by atoms with Crippen LogP contribution in [0.1, 0.15) is 19.9 Å². The summed E-state index contributed by atoms with van der Waals surface area (Å²) in [5, 5.41) is 16.1. The van der Waals surface area contributed by atoms with Gasteiger partial charge >= 0.3 is 0 Å². The molecule has 1 rings (SSSR count). The molecule has 0 unspecified atom stereocenters. The zero-order valence-electron chi connectivity index (χ0n) is 6.70. The molecule has 0 atom stereocenters. The van der Waals surface area contributed by atoms with Crippen molar-refractivity contribution in [2.75, 3.05) is 6.61 Å². The SMILES string of the molecule is C.CCO.OCc1ccccc1. The predicted octanol–water partition coefficient (Wildman–Crippen LogP) is 1.81. The number of benzene rings is 1. The number of rotatable bonds is 1. The molecule has 0 saturated heterocycles. The van der Waals surface area contributed by atoms with E-state index in [0.29, 0.717) is 0 Å². The van der Waals surface area contributed by atoms with Crippen LogP contribution in [0.5, 0.6) is 0 Å². The van der Waals surface area contributed by atoms with Crippen LogP contribution in [0.2, 0.25) is 0 Å². The first-order valence-corrected chi connectivity index (χ1v) is 3.60. The minimum atomic E-state index is 0. The summed E-state index contributed by atoms with van der Waals surface area (Å²) in [4.78, 5) is 0. The van der Waals surface area contributed by atoms with Crippen LogP contribution >= 0.6 is 0 Å². The van der Waals surface area contributed by atoms with E-state index in [0.717, 1.165) is 5.56 Å². The molecule has 0 amide bonds. The van der Waals surface area contributed by atoms with Crippen molar-refractivity contribution in [3.05, 3.63) is 35.9 Å². The summed E-state index contributed by atoms with van der Waals surface area (Å²) in [6.07, 6.45) is 0. The van der Waals surface area contributed by atoms with E-state index in [-0.39, 0.29) is 20.6 Å². The second-order valence-electron chi connectivity index (χ2n) is 1.96. The van der Waals surface area contributed by atoms with Crippen molar-refractivity contribution in [3.63, 3.8) is 0 Å². The van der Waals surface area contributed by atoms with Gasteiger partial charge in [-0.05, 0) is 12.5 Å². The number of hydrogen-bond donors (Lipinski definition) is 2. The molecule has 0 aliphatic rings. The Bertz CT molecular complexity index is 161. The van der Waals surface area contributed by atoms with Crippen LogP contribution in [0.4, 0.5) is 0 Å². The van der Waals surface area contributed by atoms with E-state index in [1.54, 1.807) is 6.92 Å². The third kappa shape index (κ3) is 7.25. The summed E-state index contributed by atoms with van der Waals surface area (Å²) in [5.41, 5.74) is 0.965. The second-order valence-corrected chi connectivity index (χ2v) is 1.96. The molecule has 2 heteroatoms. The van der Waals surface area contributed by atoms with Crippen LogP contribution in [0.15, 0.2) is 30.3 Å². The minimum Gasteiger partial charge on any atom is -0.397 e. The monoisotopic (exact) mass is 170 g/mol. The van der Waals surface area contributed by atoms with Crippen molar-refractivity contribution in [2.45, 2.75) is 21.0 Å². The molecule has 0 aliphatic heterocycles. The Morgan fingerprint density at radius 3 is 1.75 bits per heavy atom. The number of hydrogen-bond acceptors (Lipinski definition) is 2. The Morgan fingerprint density at radius 2 is 1.50 bits per heavy atom. The fraction of sp³-hybridized carbons (Fsp3) is 0.400. The van der Waals surface area contributed by atoms with E-state index in [2.05, 4.69) is 0 Å². The van der Waals surface area contributed by atoms with E-state index in [4.69, 9.17) is 10.2 Å². The zero-order chi connectivity index (χ0) is 8.53. The summed E-state index contributed by atoms with van der Waals surface area (Å²) < 4.78 is 0. The van der Waals surface area contributed by atoms with E-state index in [1.165, 1.54) is 0 Å². The maximum absolute atomic E-state index is 8.54. The third-order valence-corrected chi connectivity index (χ3v) is 1.03. The van der Waals surface area contributed by atoms with Crippen molar-refractivity contribution in [2.24, 2.45) is 0 Å². The molecule has 0 aliphatic carbocycles. The third-order valence-electron chi connectivity index (χ3n) is 1.03. The largest absolute Gasteiger partial charge is 0.397 e. The van der Waals surface area contributed by atoms with Gasteiger partial charge < -0.3 is 10.2 Å². The summed E-state index contributed by atoms with van der Waals surface area (Å²) in [5.74, 6) is 0. The lowest BCUT2D eigenvalue weighted by atomic mass is 10.2. The average molecular weight is 170 g/mol. The normalized spacial score (nSPS) is 7.58. The van der Waals surface area contributed by atoms with Gasteiger partial charge in [-0.25, -0.2) is 0 Å². The highest BCUT2D eigenvalue weighted by atomic mass is 16.3. The predicted molar refractivity (Wildman–Crippen MR) is 51.9 cm³/mol. The van der Waals surface area contributed by atoms with Gasteiger partial charge in [-0.3, -0.25) is 0 Å². The van der Waals surface area contributed by atoms with Crippen LogP contribution < -0.4 is 0 Å². The van der Waals surface area contributed by atoms with Gasteiger partial charge in [-0.2, -0.15) is 0 Å². The Hall–Kier alpha value is -0.860. The molecule has 0 saturated carbocycles. The van der Waals surface area contributed by atoms with Crippen LogP contribution in [0.3, 0.4) is 0 Å². The molecule has 0 spiro atoms. The average Bonchev–Trinajstić information content (AvgIpc) is 2.08. The first kappa shape index (κ1) is 13.7. The van der Waals surface area contributed by atoms with Crippen molar-refractivity contribution in [3.8, 4) is 0 Å². The molecule has 12 heavy (non-hydrogen) atoms. The molecule has 2 N–H and O–H groups in total. The lowest BCUT2D eigenvalue weighted by molar-refractivity contribution is 0.282. The van der Waals surface area contributed by atoms with Gasteiger partial charge in [-0.1, -0.05) is 37.8 Å². The first-order valence-electron chi connectivity index (χ1n) is 3.60. The quantitative estimate of drug-likeness (QED) is 0.675. The number of aliphatic hydroxyl groups excluding tert-OH is 2. The van der Waals surface area contributed by atoms with Gasteiger partial charge in [0.25, 0.3) is 0 Å². The molecule has 0 bridgehead atoms. The molecule has 2 nitrogen and oxygen atoms in total. The van der Waals surface area contributed by atoms with Crippen LogP contribution in [0.25, 0.3) is 0 Å². The minimum absolute atomic E-state index is 0. The van der Waals surface area contributed by atoms with Gasteiger partial charge in [-0.15, -0.1) is 0 Å². The van der Waals surface area contributed by atoms with Crippen LogP contribution in [-0.2, 0) is 6.61 Å². The Balaban J connectivity index is 0. The van der Waals surface area contributed by atoms with Crippen molar-refractivity contribution >= 4 is 0 Å². The van der Waals surface area contributed by atoms with E-state index >= 15 is 0 Å². The lowest BCUT2D eigenvalue weighted by Crippen LogP contribution is -1.77. The van der Waals surface area contributed by atoms with Crippen molar-refractivity contribution in [1.29, 1.82) is 0 Å². The van der Waals surface area contributed by atoms with Gasteiger partial charge in [0, 0.05) is 6.61 Å². The molecule has 0 aromatic heterocycles. The zero-order valence-corrected chi connectivity index (χ0v) is 6.70. The Labute approximate surface area is 74.5 Å². The highest BCUT2D eigenvalue weighted by molar-refractivity contribution is 5.12. The molecule has 1 aromatic rings. The molecule has 1 aromatic carbocycles. The lowest BCUT2D eigenvalue weighted by Gasteiger charge is -1.89. The summed E-state index contributed by atoms with van der Waals surface area (Å²) in [6.45, 7) is 2.07. The molecular weight excluding hydrogens is 152 g/mol. The van der Waals surface area contributed by atoms with Crippen molar-refractivity contribution < 1.29 is 10.2 Å². The molecule has 0 heterocycles. The topological polar surface area (TPSA) is 40.5 Å². The van der Waals surface area contributed by atoms with Crippen LogP contribution in [-0.4, -0.2) is 16.8 Å². The molecule has 70 valence electrons. The standard InChI is InChI=1S/C7H8O.C2H6O.CH4/c8-6-7-4-2-1-3-5-7;1-2-3;/h1-5,8H,6H2;3H,2H2,1H3;1H4. The second kappa shape index (κ2) is 10.1.